The summed E-state index contributed by atoms with van der Waals surface area (Å²) in [6, 6.07) is 10.4. The van der Waals surface area contributed by atoms with Crippen LogP contribution in [0, 0.1) is 0 Å². The Morgan fingerprint density at radius 2 is 1.62 bits per heavy atom. The van der Waals surface area contributed by atoms with Gasteiger partial charge in [-0.05, 0) is 75.2 Å². The highest BCUT2D eigenvalue weighted by Gasteiger charge is 2.33. The Bertz CT molecular complexity index is 2630. The van der Waals surface area contributed by atoms with Gasteiger partial charge in [0.05, 0.1) is 46.4 Å². The second-order valence-corrected chi connectivity index (χ2v) is 17.3. The van der Waals surface area contributed by atoms with Crippen LogP contribution >= 0.6 is 0 Å². The zero-order valence-corrected chi connectivity index (χ0v) is 37.0. The van der Waals surface area contributed by atoms with Crippen LogP contribution < -0.4 is 32.1 Å². The molecule has 0 radical (unpaired) electrons. The van der Waals surface area contributed by atoms with Crippen LogP contribution in [0.4, 0.5) is 36.1 Å². The number of amides is 3. The molecule has 17 nitrogen and oxygen atoms in total. The van der Waals surface area contributed by atoms with E-state index in [0.29, 0.717) is 66.4 Å². The maximum atomic E-state index is 13.6. The summed E-state index contributed by atoms with van der Waals surface area (Å²) in [7, 11) is 3.47. The Balaban J connectivity index is 0.763. The van der Waals surface area contributed by atoms with Gasteiger partial charge in [0.1, 0.15) is 23.5 Å². The number of nitrogens with zero attached hydrogens (tertiary/aromatic N) is 9. The van der Waals surface area contributed by atoms with Gasteiger partial charge in [-0.2, -0.15) is 18.3 Å². The number of nitrogens with two attached hydrogens (primary N) is 1. The van der Waals surface area contributed by atoms with Crippen LogP contribution in [0.1, 0.15) is 67.8 Å². The maximum Gasteiger partial charge on any atom is 0.416 e. The molecule has 0 bridgehead atoms. The van der Waals surface area contributed by atoms with E-state index in [1.54, 1.807) is 24.7 Å². The fourth-order valence-corrected chi connectivity index (χ4v) is 9.26. The molecular weight excluding hydrogens is 844 g/mol. The molecule has 5 aromatic rings. The van der Waals surface area contributed by atoms with Gasteiger partial charge in [0.15, 0.2) is 0 Å². The molecule has 0 spiro atoms. The summed E-state index contributed by atoms with van der Waals surface area (Å²) in [6.07, 6.45) is 0.685. The average molecular weight is 900 g/mol. The van der Waals surface area contributed by atoms with Gasteiger partial charge in [0.2, 0.25) is 17.7 Å². The lowest BCUT2D eigenvalue weighted by atomic mass is 9.92. The van der Waals surface area contributed by atoms with Crippen LogP contribution in [-0.2, 0) is 34.7 Å². The molecule has 346 valence electrons. The molecule has 3 fully saturated rings. The van der Waals surface area contributed by atoms with Gasteiger partial charge in [0.25, 0.3) is 5.56 Å². The number of benzene rings is 2. The van der Waals surface area contributed by atoms with Gasteiger partial charge in [0, 0.05) is 83.9 Å². The van der Waals surface area contributed by atoms with Crippen molar-refractivity contribution in [2.45, 2.75) is 57.2 Å². The number of aryl methyl sites for hydroxylation is 2. The normalized spacial score (nSPS) is 18.3. The number of fused-ring (bicyclic) bond motifs is 2. The monoisotopic (exact) mass is 899 g/mol. The molecule has 65 heavy (non-hydrogen) atoms. The molecule has 3 aliphatic heterocycles. The summed E-state index contributed by atoms with van der Waals surface area (Å²) in [6.45, 7) is 9.73. The van der Waals surface area contributed by atoms with E-state index in [9.17, 15) is 32.3 Å². The number of halogens is 3. The van der Waals surface area contributed by atoms with Gasteiger partial charge in [-0.25, -0.2) is 9.97 Å². The summed E-state index contributed by atoms with van der Waals surface area (Å²) in [5, 5.41) is 15.0. The largest absolute Gasteiger partial charge is 0.416 e. The van der Waals surface area contributed by atoms with Gasteiger partial charge in [-0.15, -0.1) is 0 Å². The molecule has 2 unspecified atom stereocenters. The van der Waals surface area contributed by atoms with Crippen LogP contribution in [0.2, 0.25) is 0 Å². The fourth-order valence-electron chi connectivity index (χ4n) is 9.26. The van der Waals surface area contributed by atoms with Gasteiger partial charge < -0.3 is 26.2 Å². The van der Waals surface area contributed by atoms with Gasteiger partial charge in [-0.3, -0.25) is 43.5 Å². The third kappa shape index (κ3) is 10.0. The minimum atomic E-state index is -4.54. The fraction of sp³-hybridized carbons (Fsp3) is 0.489. The lowest BCUT2D eigenvalue weighted by molar-refractivity contribution is -0.138. The zero-order valence-electron chi connectivity index (χ0n) is 37.0. The van der Waals surface area contributed by atoms with Crippen molar-refractivity contribution in [3.05, 3.63) is 76.0 Å². The topological polar surface area (TPSA) is 192 Å². The number of carbonyl (C=O) groups excluding carboxylic acids is 3. The first-order valence-electron chi connectivity index (χ1n) is 22.2. The molecule has 3 aromatic heterocycles. The van der Waals surface area contributed by atoms with Crippen LogP contribution in [0.15, 0.2) is 53.6 Å². The van der Waals surface area contributed by atoms with E-state index < -0.39 is 23.7 Å². The molecule has 5 N–H and O–H groups in total. The number of anilines is 4. The van der Waals surface area contributed by atoms with Crippen molar-refractivity contribution in [2.24, 2.45) is 14.1 Å². The molecule has 0 aliphatic carbocycles. The summed E-state index contributed by atoms with van der Waals surface area (Å²) in [5.74, 6) is -0.672. The first-order valence-corrected chi connectivity index (χ1v) is 22.2. The Hall–Kier alpha value is -6.28. The molecule has 2 atom stereocenters. The van der Waals surface area contributed by atoms with E-state index in [0.717, 1.165) is 87.3 Å². The number of rotatable bonds is 14. The number of hydrogen-bond acceptors (Lipinski definition) is 13. The number of piperazine rings is 2. The van der Waals surface area contributed by atoms with Crippen LogP contribution in [-0.4, -0.2) is 129 Å². The highest BCUT2D eigenvalue weighted by molar-refractivity contribution is 6.03. The van der Waals surface area contributed by atoms with Gasteiger partial charge in [-0.1, -0.05) is 18.6 Å². The highest BCUT2D eigenvalue weighted by Crippen LogP contribution is 2.35. The number of nitrogens with one attached hydrogen (secondary N) is 3. The lowest BCUT2D eigenvalue weighted by Crippen LogP contribution is -2.50. The smallest absolute Gasteiger partial charge is 0.399 e. The van der Waals surface area contributed by atoms with Crippen LogP contribution in [0.3, 0.4) is 0 Å². The molecule has 0 saturated carbocycles. The molecule has 3 amide bonds. The number of unbranched alkanes of at least 4 members (excludes halogenated alkanes) is 2. The summed E-state index contributed by atoms with van der Waals surface area (Å²) >= 11 is 0. The highest BCUT2D eigenvalue weighted by atomic mass is 19.4. The number of alkyl halides is 3. The quantitative estimate of drug-likeness (QED) is 0.0710. The number of imide groups is 1. The number of piperidine rings is 1. The standard InChI is InChI=1S/C45H56F3N13O4/c1-28(29-22-30(45(46,47)48)24-31(49)23-29)53-41-34-25-36(44(65)56(2)42(34)52-27-51-41)60-18-14-58(15-19-60)12-5-4-6-13-59-16-20-61(21-17-59)38(63)26-50-35-9-7-8-32-39(55-57(3)40(32)35)33-10-11-37(62)54-43(33)64/h7-9,22-25,27-28,33,50H,4-6,10-21,26,49H2,1-3H3,(H,51,52,53)(H,54,62,64). The first-order chi connectivity index (χ1) is 31.1. The molecule has 8 rings (SSSR count). The molecule has 20 heteroatoms. The van der Waals surface area contributed by atoms with Crippen molar-refractivity contribution in [1.82, 2.24) is 44.3 Å². The van der Waals surface area contributed by atoms with E-state index >= 15 is 0 Å². The number of para-hydroxylation sites is 1. The van der Waals surface area contributed by atoms with E-state index in [2.05, 4.69) is 45.7 Å². The summed E-state index contributed by atoms with van der Waals surface area (Å²) in [5.41, 5.74) is 8.32. The molecule has 3 saturated heterocycles. The second kappa shape index (κ2) is 19.1. The minimum absolute atomic E-state index is 0.00958. The van der Waals surface area contributed by atoms with Gasteiger partial charge >= 0.3 is 6.18 Å². The molecule has 3 aliphatic rings. The van der Waals surface area contributed by atoms with Crippen molar-refractivity contribution in [2.75, 3.05) is 93.3 Å². The molecular formula is C45H56F3N13O4. The Labute approximate surface area is 374 Å². The van der Waals surface area contributed by atoms with Crippen molar-refractivity contribution >= 4 is 62.5 Å². The predicted molar refractivity (Wildman–Crippen MR) is 243 cm³/mol. The summed E-state index contributed by atoms with van der Waals surface area (Å²) in [4.78, 5) is 68.7. The van der Waals surface area contributed by atoms with Crippen molar-refractivity contribution in [3.63, 3.8) is 0 Å². The zero-order chi connectivity index (χ0) is 46.0. The van der Waals surface area contributed by atoms with Crippen LogP contribution in [0.25, 0.3) is 21.9 Å². The van der Waals surface area contributed by atoms with Crippen molar-refractivity contribution in [1.29, 1.82) is 0 Å². The van der Waals surface area contributed by atoms with E-state index in [-0.39, 0.29) is 41.9 Å². The lowest BCUT2D eigenvalue weighted by Gasteiger charge is -2.36. The number of aromatic nitrogens is 5. The summed E-state index contributed by atoms with van der Waals surface area (Å²) < 4.78 is 43.8. The Morgan fingerprint density at radius 3 is 2.31 bits per heavy atom. The minimum Gasteiger partial charge on any atom is -0.399 e. The van der Waals surface area contributed by atoms with Crippen LogP contribution in [0.5, 0.6) is 0 Å². The van der Waals surface area contributed by atoms with Crippen molar-refractivity contribution < 1.29 is 27.6 Å². The third-order valence-electron chi connectivity index (χ3n) is 12.9. The van der Waals surface area contributed by atoms with E-state index in [1.165, 1.54) is 17.0 Å². The van der Waals surface area contributed by atoms with E-state index in [1.807, 2.05) is 30.1 Å². The predicted octanol–water partition coefficient (Wildman–Crippen LogP) is 4.06. The second-order valence-electron chi connectivity index (χ2n) is 17.3. The molecule has 6 heterocycles. The van der Waals surface area contributed by atoms with E-state index in [4.69, 9.17) is 5.73 Å². The Morgan fingerprint density at radius 1 is 0.908 bits per heavy atom. The maximum absolute atomic E-state index is 13.6. The number of hydrogen-bond donors (Lipinski definition) is 4. The number of pyridine rings is 1. The Kier molecular flexibility index (Phi) is 13.3. The number of carbonyl (C=O) groups is 3. The first kappa shape index (κ1) is 45.3. The molecule has 2 aromatic carbocycles. The average Bonchev–Trinajstić information content (AvgIpc) is 3.62. The van der Waals surface area contributed by atoms with Crippen molar-refractivity contribution in [3.8, 4) is 0 Å². The third-order valence-corrected chi connectivity index (χ3v) is 12.9. The SMILES string of the molecule is CC(Nc1ncnc2c1cc(N1CCN(CCCCCN3CCN(C(=O)CNc4cccc5c(C6CCC(=O)NC6=O)nn(C)c45)CC3)CC1)c(=O)n2C)c1cc(N)cc(C(F)(F)F)c1. The number of nitrogen functional groups attached to an aromatic ring is 1.